The number of rotatable bonds is 4. The molecule has 0 saturated heterocycles. The molecule has 0 amide bonds. The quantitative estimate of drug-likeness (QED) is 0.473. The number of aromatic nitrogens is 1. The van der Waals surface area contributed by atoms with Gasteiger partial charge in [-0.3, -0.25) is 0 Å². The van der Waals surface area contributed by atoms with Crippen molar-refractivity contribution in [1.29, 1.82) is 0 Å². The van der Waals surface area contributed by atoms with Gasteiger partial charge >= 0.3 is 0 Å². The number of fused-ring (bicyclic) bond motifs is 3. The Labute approximate surface area is 183 Å². The Morgan fingerprint density at radius 2 is 1.68 bits per heavy atom. The van der Waals surface area contributed by atoms with Gasteiger partial charge in [-0.05, 0) is 54.7 Å². The molecule has 0 spiro atoms. The lowest BCUT2D eigenvalue weighted by molar-refractivity contribution is 0.340. The second-order valence-electron chi connectivity index (χ2n) is 8.24. The molecule has 5 rings (SSSR count). The maximum Gasteiger partial charge on any atom is 0.244 e. The zero-order valence-corrected chi connectivity index (χ0v) is 18.6. The van der Waals surface area contributed by atoms with Crippen LogP contribution in [0.5, 0.6) is 0 Å². The van der Waals surface area contributed by atoms with Crippen molar-refractivity contribution >= 4 is 20.9 Å². The molecule has 1 aliphatic rings. The van der Waals surface area contributed by atoms with Crippen LogP contribution in [0.2, 0.25) is 0 Å². The normalized spacial score (nSPS) is 17.0. The highest BCUT2D eigenvalue weighted by Gasteiger charge is 2.39. The zero-order valence-electron chi connectivity index (χ0n) is 17.8. The van der Waals surface area contributed by atoms with Gasteiger partial charge in [0.25, 0.3) is 0 Å². The van der Waals surface area contributed by atoms with Crippen LogP contribution in [-0.2, 0) is 22.9 Å². The van der Waals surface area contributed by atoms with Gasteiger partial charge in [-0.1, -0.05) is 67.1 Å². The third-order valence-corrected chi connectivity index (χ3v) is 8.20. The number of hydrogen-bond acceptors (Lipinski definition) is 2. The first-order valence-corrected chi connectivity index (χ1v) is 12.2. The van der Waals surface area contributed by atoms with Crippen molar-refractivity contribution in [2.75, 3.05) is 6.54 Å². The molecule has 0 radical (unpaired) electrons. The second kappa shape index (κ2) is 7.66. The van der Waals surface area contributed by atoms with E-state index >= 15 is 0 Å². The van der Waals surface area contributed by atoms with Crippen LogP contribution in [0.15, 0.2) is 77.7 Å². The molecule has 2 heterocycles. The van der Waals surface area contributed by atoms with Crippen molar-refractivity contribution in [2.45, 2.75) is 37.6 Å². The molecular weight excluding hydrogens is 404 g/mol. The molecule has 1 aromatic heterocycles. The summed E-state index contributed by atoms with van der Waals surface area (Å²) in [6, 6.07) is 23.3. The molecule has 4 nitrogen and oxygen atoms in total. The van der Waals surface area contributed by atoms with E-state index in [4.69, 9.17) is 0 Å². The highest BCUT2D eigenvalue weighted by Crippen LogP contribution is 2.41. The fourth-order valence-electron chi connectivity index (χ4n) is 4.59. The predicted molar refractivity (Wildman–Crippen MR) is 125 cm³/mol. The molecule has 0 saturated carbocycles. The molecule has 1 aliphatic heterocycles. The van der Waals surface area contributed by atoms with Gasteiger partial charge in [0.2, 0.25) is 10.0 Å². The van der Waals surface area contributed by atoms with Gasteiger partial charge < -0.3 is 4.98 Å². The minimum absolute atomic E-state index is 0.348. The number of aryl methyl sites for hydroxylation is 2. The number of nitrogens with one attached hydrogen (secondary N) is 1. The Balaban J connectivity index is 1.68. The van der Waals surface area contributed by atoms with E-state index < -0.39 is 10.0 Å². The van der Waals surface area contributed by atoms with Crippen LogP contribution in [-0.4, -0.2) is 24.3 Å². The van der Waals surface area contributed by atoms with E-state index in [1.807, 2.05) is 55.5 Å². The van der Waals surface area contributed by atoms with E-state index in [0.29, 0.717) is 17.9 Å². The van der Waals surface area contributed by atoms with Crippen molar-refractivity contribution in [3.8, 4) is 0 Å². The Bertz CT molecular complexity index is 1340. The summed E-state index contributed by atoms with van der Waals surface area (Å²) in [5, 5.41) is 1.18. The molecule has 0 bridgehead atoms. The number of H-pyrrole nitrogens is 1. The largest absolute Gasteiger partial charge is 0.357 e. The topological polar surface area (TPSA) is 53.2 Å². The average molecular weight is 431 g/mol. The summed E-state index contributed by atoms with van der Waals surface area (Å²) in [5.41, 5.74) is 6.51. The number of para-hydroxylation sites is 1. The standard InChI is InChI=1S/C26H26N2O2S/c1-3-19-10-14-21(15-11-19)31(29,30)28-17-16-23-22-6-4-5-7-24(22)27-25(23)26(28)20-12-8-18(2)9-13-20/h4-15,26-27H,3,16-17H2,1-2H3. The summed E-state index contributed by atoms with van der Waals surface area (Å²) in [5.74, 6) is 0. The Kier molecular flexibility index (Phi) is 4.95. The van der Waals surface area contributed by atoms with E-state index in [0.717, 1.165) is 34.3 Å². The number of benzene rings is 3. The first kappa shape index (κ1) is 20.0. The average Bonchev–Trinajstić information content (AvgIpc) is 3.18. The number of nitrogens with zero attached hydrogens (tertiary/aromatic N) is 1. The summed E-state index contributed by atoms with van der Waals surface area (Å²) in [7, 11) is -3.66. The molecule has 31 heavy (non-hydrogen) atoms. The van der Waals surface area contributed by atoms with Crippen molar-refractivity contribution in [2.24, 2.45) is 0 Å². The lowest BCUT2D eigenvalue weighted by atomic mass is 9.94. The van der Waals surface area contributed by atoms with Gasteiger partial charge in [0.1, 0.15) is 0 Å². The Morgan fingerprint density at radius 3 is 2.39 bits per heavy atom. The molecule has 158 valence electrons. The van der Waals surface area contributed by atoms with Crippen LogP contribution in [0.3, 0.4) is 0 Å². The third kappa shape index (κ3) is 3.38. The molecule has 0 aliphatic carbocycles. The molecule has 4 aromatic rings. The van der Waals surface area contributed by atoms with E-state index in [2.05, 4.69) is 24.0 Å². The minimum atomic E-state index is -3.66. The minimum Gasteiger partial charge on any atom is -0.357 e. The SMILES string of the molecule is CCc1ccc(S(=O)(=O)N2CCc3c([nH]c4ccccc34)C2c2ccc(C)cc2)cc1. The van der Waals surface area contributed by atoms with E-state index in [-0.39, 0.29) is 6.04 Å². The molecular formula is C26H26N2O2S. The zero-order chi connectivity index (χ0) is 21.6. The van der Waals surface area contributed by atoms with Crippen molar-refractivity contribution < 1.29 is 8.42 Å². The van der Waals surface area contributed by atoms with Gasteiger partial charge in [-0.2, -0.15) is 4.31 Å². The maximum atomic E-state index is 13.8. The van der Waals surface area contributed by atoms with Crippen LogP contribution < -0.4 is 0 Å². The molecule has 5 heteroatoms. The van der Waals surface area contributed by atoms with Gasteiger partial charge in [0, 0.05) is 23.1 Å². The monoisotopic (exact) mass is 430 g/mol. The Morgan fingerprint density at radius 1 is 0.968 bits per heavy atom. The van der Waals surface area contributed by atoms with E-state index in [9.17, 15) is 8.42 Å². The highest BCUT2D eigenvalue weighted by atomic mass is 32.2. The first-order chi connectivity index (χ1) is 15.0. The lowest BCUT2D eigenvalue weighted by Crippen LogP contribution is -2.40. The van der Waals surface area contributed by atoms with Crippen LogP contribution >= 0.6 is 0 Å². The smallest absolute Gasteiger partial charge is 0.244 e. The second-order valence-corrected chi connectivity index (χ2v) is 10.1. The summed E-state index contributed by atoms with van der Waals surface area (Å²) in [6.07, 6.45) is 1.57. The molecule has 0 fully saturated rings. The fourth-order valence-corrected chi connectivity index (χ4v) is 6.18. The van der Waals surface area contributed by atoms with Crippen LogP contribution in [0, 0.1) is 6.92 Å². The third-order valence-electron chi connectivity index (χ3n) is 6.32. The van der Waals surface area contributed by atoms with Gasteiger partial charge in [-0.15, -0.1) is 0 Å². The number of hydrogen-bond donors (Lipinski definition) is 1. The molecule has 1 N–H and O–H groups in total. The predicted octanol–water partition coefficient (Wildman–Crippen LogP) is 5.38. The van der Waals surface area contributed by atoms with Gasteiger partial charge in [-0.25, -0.2) is 8.42 Å². The van der Waals surface area contributed by atoms with Crippen molar-refractivity contribution in [3.05, 3.63) is 101 Å². The summed E-state index contributed by atoms with van der Waals surface area (Å²) in [6.45, 7) is 4.56. The summed E-state index contributed by atoms with van der Waals surface area (Å²) >= 11 is 0. The maximum absolute atomic E-state index is 13.8. The van der Waals surface area contributed by atoms with Crippen LogP contribution in [0.1, 0.15) is 40.9 Å². The highest BCUT2D eigenvalue weighted by molar-refractivity contribution is 7.89. The fraction of sp³-hybridized carbons (Fsp3) is 0.231. The van der Waals surface area contributed by atoms with Gasteiger partial charge in [0.05, 0.1) is 10.9 Å². The lowest BCUT2D eigenvalue weighted by Gasteiger charge is -2.35. The van der Waals surface area contributed by atoms with E-state index in [1.165, 1.54) is 10.9 Å². The van der Waals surface area contributed by atoms with Gasteiger partial charge in [0.15, 0.2) is 0 Å². The first-order valence-electron chi connectivity index (χ1n) is 10.8. The Hall–Kier alpha value is -2.89. The number of aromatic amines is 1. The summed E-state index contributed by atoms with van der Waals surface area (Å²) < 4.78 is 29.2. The molecule has 3 aromatic carbocycles. The van der Waals surface area contributed by atoms with Crippen LogP contribution in [0.4, 0.5) is 0 Å². The van der Waals surface area contributed by atoms with Crippen molar-refractivity contribution in [1.82, 2.24) is 9.29 Å². The molecule has 1 atom stereocenters. The summed E-state index contributed by atoms with van der Waals surface area (Å²) in [4.78, 5) is 3.89. The van der Waals surface area contributed by atoms with Crippen molar-refractivity contribution in [3.63, 3.8) is 0 Å². The molecule has 1 unspecified atom stereocenters. The number of sulfonamides is 1. The van der Waals surface area contributed by atoms with E-state index in [1.54, 1.807) is 16.4 Å². The van der Waals surface area contributed by atoms with Crippen LogP contribution in [0.25, 0.3) is 10.9 Å².